The molecule has 1 aliphatic heterocycles. The minimum absolute atomic E-state index is 0.109. The molecule has 2 heterocycles. The fourth-order valence-electron chi connectivity index (χ4n) is 2.75. The highest BCUT2D eigenvalue weighted by Gasteiger charge is 2.35. The smallest absolute Gasteiger partial charge is 0.309 e. The summed E-state index contributed by atoms with van der Waals surface area (Å²) in [6, 6.07) is 12.4. The molecule has 0 radical (unpaired) electrons. The van der Waals surface area contributed by atoms with Crippen molar-refractivity contribution in [2.24, 2.45) is 0 Å². The van der Waals surface area contributed by atoms with Crippen molar-refractivity contribution >= 4 is 33.2 Å². The van der Waals surface area contributed by atoms with E-state index in [1.165, 1.54) is 10.4 Å². The zero-order valence-electron chi connectivity index (χ0n) is 15.0. The lowest BCUT2D eigenvalue weighted by atomic mass is 10.2. The molecule has 2 N–H and O–H groups in total. The van der Waals surface area contributed by atoms with Crippen molar-refractivity contribution in [1.29, 1.82) is 0 Å². The van der Waals surface area contributed by atoms with E-state index in [1.54, 1.807) is 11.4 Å². The Bertz CT molecular complexity index is 901. The van der Waals surface area contributed by atoms with Crippen LogP contribution in [0, 0.1) is 0 Å². The standard InChI is InChI=1S/C18H21N3O5S2/c22-17(19-12-14-6-2-1-3-7-14)18(23)20-13-15-21(9-5-10-26-15)28(24,25)16-8-4-11-27-16/h1-4,6-8,11,15H,5,9-10,12-13H2,(H,19,22)(H,20,23)/t15-/m1/s1. The number of nitrogens with one attached hydrogen (secondary N) is 2. The summed E-state index contributed by atoms with van der Waals surface area (Å²) in [4.78, 5) is 24.0. The SMILES string of the molecule is O=C(NCc1ccccc1)C(=O)NC[C@H]1OCCCN1S(=O)(=O)c1cccs1. The van der Waals surface area contributed by atoms with E-state index < -0.39 is 28.1 Å². The Balaban J connectivity index is 1.55. The van der Waals surface area contributed by atoms with Crippen molar-refractivity contribution < 1.29 is 22.7 Å². The second kappa shape index (κ2) is 9.28. The quantitative estimate of drug-likeness (QED) is 0.673. The molecule has 0 unspecified atom stereocenters. The molecule has 3 rings (SSSR count). The van der Waals surface area contributed by atoms with E-state index in [0.717, 1.165) is 16.9 Å². The van der Waals surface area contributed by atoms with Gasteiger partial charge in [0.25, 0.3) is 10.0 Å². The molecule has 2 aromatic rings. The van der Waals surface area contributed by atoms with Gasteiger partial charge in [-0.3, -0.25) is 9.59 Å². The average molecular weight is 424 g/mol. The fourth-order valence-corrected chi connectivity index (χ4v) is 5.43. The number of hydrogen-bond donors (Lipinski definition) is 2. The molecule has 1 saturated heterocycles. The highest BCUT2D eigenvalue weighted by molar-refractivity contribution is 7.91. The van der Waals surface area contributed by atoms with Crippen molar-refractivity contribution in [2.75, 3.05) is 19.7 Å². The number of sulfonamides is 1. The Morgan fingerprint density at radius 1 is 1.11 bits per heavy atom. The summed E-state index contributed by atoms with van der Waals surface area (Å²) in [5.41, 5.74) is 0.868. The molecular weight excluding hydrogens is 402 g/mol. The molecule has 0 spiro atoms. The molecule has 0 saturated carbocycles. The topological polar surface area (TPSA) is 105 Å². The number of carbonyl (C=O) groups is 2. The monoisotopic (exact) mass is 423 g/mol. The first-order chi connectivity index (χ1) is 13.5. The molecular formula is C18H21N3O5S2. The molecule has 0 aliphatic carbocycles. The van der Waals surface area contributed by atoms with Crippen molar-refractivity contribution in [1.82, 2.24) is 14.9 Å². The van der Waals surface area contributed by atoms with Crippen LogP contribution in [0.5, 0.6) is 0 Å². The summed E-state index contributed by atoms with van der Waals surface area (Å²) >= 11 is 1.12. The highest BCUT2D eigenvalue weighted by atomic mass is 32.2. The van der Waals surface area contributed by atoms with Gasteiger partial charge in [-0.05, 0) is 23.4 Å². The number of carbonyl (C=O) groups excluding carboxylic acids is 2. The average Bonchev–Trinajstić information content (AvgIpc) is 3.27. The van der Waals surface area contributed by atoms with E-state index in [2.05, 4.69) is 10.6 Å². The minimum atomic E-state index is -3.71. The molecule has 2 amide bonds. The third-order valence-corrected chi connectivity index (χ3v) is 7.41. The number of rotatable bonds is 6. The lowest BCUT2D eigenvalue weighted by molar-refractivity contribution is -0.140. The van der Waals surface area contributed by atoms with Crippen LogP contribution in [0.1, 0.15) is 12.0 Å². The lowest BCUT2D eigenvalue weighted by Gasteiger charge is -2.34. The van der Waals surface area contributed by atoms with E-state index in [0.29, 0.717) is 19.6 Å². The minimum Gasteiger partial charge on any atom is -0.360 e. The number of nitrogens with zero attached hydrogens (tertiary/aromatic N) is 1. The Labute approximate surface area is 167 Å². The molecule has 10 heteroatoms. The van der Waals surface area contributed by atoms with Crippen molar-refractivity contribution in [2.45, 2.75) is 23.4 Å². The van der Waals surface area contributed by atoms with E-state index in [-0.39, 0.29) is 17.3 Å². The number of hydrogen-bond acceptors (Lipinski definition) is 6. The first-order valence-electron chi connectivity index (χ1n) is 8.75. The van der Waals surface area contributed by atoms with Gasteiger partial charge in [0.2, 0.25) is 0 Å². The molecule has 1 fully saturated rings. The number of ether oxygens (including phenoxy) is 1. The normalized spacial score (nSPS) is 17.8. The van der Waals surface area contributed by atoms with Gasteiger partial charge in [-0.25, -0.2) is 8.42 Å². The van der Waals surface area contributed by atoms with Gasteiger partial charge in [0.05, 0.1) is 13.2 Å². The second-order valence-electron chi connectivity index (χ2n) is 6.11. The van der Waals surface area contributed by atoms with E-state index in [9.17, 15) is 18.0 Å². The van der Waals surface area contributed by atoms with Gasteiger partial charge in [-0.15, -0.1) is 11.3 Å². The Kier molecular flexibility index (Phi) is 6.79. The predicted octanol–water partition coefficient (Wildman–Crippen LogP) is 0.918. The van der Waals surface area contributed by atoms with Crippen LogP contribution in [0.15, 0.2) is 52.1 Å². The van der Waals surface area contributed by atoms with E-state index in [4.69, 9.17) is 4.74 Å². The highest BCUT2D eigenvalue weighted by Crippen LogP contribution is 2.25. The van der Waals surface area contributed by atoms with Crippen molar-refractivity contribution in [3.63, 3.8) is 0 Å². The van der Waals surface area contributed by atoms with Crippen molar-refractivity contribution in [3.05, 3.63) is 53.4 Å². The first-order valence-corrected chi connectivity index (χ1v) is 11.1. The largest absolute Gasteiger partial charge is 0.360 e. The Morgan fingerprint density at radius 3 is 2.57 bits per heavy atom. The van der Waals surface area contributed by atoms with Gasteiger partial charge in [0.15, 0.2) is 0 Å². The predicted molar refractivity (Wildman–Crippen MR) is 104 cm³/mol. The molecule has 150 valence electrons. The Hall–Kier alpha value is -2.27. The maximum atomic E-state index is 12.8. The van der Waals surface area contributed by atoms with E-state index in [1.807, 2.05) is 30.3 Å². The van der Waals surface area contributed by atoms with Crippen LogP contribution in [-0.4, -0.2) is 50.5 Å². The first kappa shape index (κ1) is 20.5. The van der Waals surface area contributed by atoms with Gasteiger partial charge in [-0.1, -0.05) is 36.4 Å². The van der Waals surface area contributed by atoms with Gasteiger partial charge in [0.1, 0.15) is 10.4 Å². The third-order valence-electron chi connectivity index (χ3n) is 4.15. The number of thiophene rings is 1. The number of benzene rings is 1. The summed E-state index contributed by atoms with van der Waals surface area (Å²) in [6.07, 6.45) is -0.293. The fraction of sp³-hybridized carbons (Fsp3) is 0.333. The molecule has 1 aliphatic rings. The molecule has 1 aromatic heterocycles. The summed E-state index contributed by atoms with van der Waals surface area (Å²) < 4.78 is 32.5. The maximum Gasteiger partial charge on any atom is 0.309 e. The zero-order chi connectivity index (χ0) is 20.0. The summed E-state index contributed by atoms with van der Waals surface area (Å²) in [5.74, 6) is -1.62. The molecule has 8 nitrogen and oxygen atoms in total. The van der Waals surface area contributed by atoms with E-state index >= 15 is 0 Å². The van der Waals surface area contributed by atoms with Crippen LogP contribution in [0.2, 0.25) is 0 Å². The van der Waals surface area contributed by atoms with Gasteiger partial charge < -0.3 is 15.4 Å². The lowest BCUT2D eigenvalue weighted by Crippen LogP contribution is -2.52. The third kappa shape index (κ3) is 4.96. The van der Waals surface area contributed by atoms with Gasteiger partial charge in [0, 0.05) is 13.1 Å². The molecule has 0 bridgehead atoms. The van der Waals surface area contributed by atoms with Crippen LogP contribution in [0.3, 0.4) is 0 Å². The molecule has 28 heavy (non-hydrogen) atoms. The molecule has 1 aromatic carbocycles. The van der Waals surface area contributed by atoms with Crippen molar-refractivity contribution in [3.8, 4) is 0 Å². The zero-order valence-corrected chi connectivity index (χ0v) is 16.7. The van der Waals surface area contributed by atoms with Crippen LogP contribution in [0.25, 0.3) is 0 Å². The van der Waals surface area contributed by atoms with Gasteiger partial charge >= 0.3 is 11.8 Å². The summed E-state index contributed by atoms with van der Waals surface area (Å²) in [5, 5.41) is 6.67. The number of amides is 2. The van der Waals surface area contributed by atoms with Gasteiger partial charge in [-0.2, -0.15) is 4.31 Å². The van der Waals surface area contributed by atoms with Crippen LogP contribution in [0.4, 0.5) is 0 Å². The second-order valence-corrected chi connectivity index (χ2v) is 9.17. The summed E-state index contributed by atoms with van der Waals surface area (Å²) in [6.45, 7) is 0.798. The van der Waals surface area contributed by atoms with Crippen LogP contribution in [-0.2, 0) is 30.9 Å². The maximum absolute atomic E-state index is 12.8. The molecule has 1 atom stereocenters. The summed E-state index contributed by atoms with van der Waals surface area (Å²) in [7, 11) is -3.71. The van der Waals surface area contributed by atoms with Crippen LogP contribution < -0.4 is 10.6 Å². The van der Waals surface area contributed by atoms with Crippen LogP contribution >= 0.6 is 11.3 Å². The Morgan fingerprint density at radius 2 is 1.86 bits per heavy atom.